The first kappa shape index (κ1) is 12.9. The van der Waals surface area contributed by atoms with E-state index in [0.717, 1.165) is 6.07 Å². The first-order chi connectivity index (χ1) is 7.51. The Hall–Kier alpha value is -1.14. The van der Waals surface area contributed by atoms with E-state index in [4.69, 9.17) is 16.3 Å². The topological polar surface area (TPSA) is 69.4 Å². The summed E-state index contributed by atoms with van der Waals surface area (Å²) in [4.78, 5) is 21.6. The summed E-state index contributed by atoms with van der Waals surface area (Å²) in [6.45, 7) is 0. The van der Waals surface area contributed by atoms with Crippen LogP contribution in [-0.2, 0) is 0 Å². The van der Waals surface area contributed by atoms with Gasteiger partial charge >= 0.3 is 0 Å². The van der Waals surface area contributed by atoms with Gasteiger partial charge in [-0.2, -0.15) is 0 Å². The molecule has 0 amide bonds. The molecule has 1 rings (SSSR count). The second-order valence-electron chi connectivity index (χ2n) is 2.82. The Bertz CT molecular complexity index is 449. The number of carbonyl (C=O) groups is 1. The van der Waals surface area contributed by atoms with Crippen molar-refractivity contribution in [3.05, 3.63) is 32.8 Å². The molecule has 1 aromatic rings. The van der Waals surface area contributed by atoms with E-state index < -0.39 is 10.7 Å². The lowest BCUT2D eigenvalue weighted by Gasteiger charge is -2.05. The standard InChI is InChI=1S/C9H7BrClNO4/c1-16-9-3-7(12(14)15)5(2-6(9)11)8(13)4-10/h2-3H,4H2,1H3. The summed E-state index contributed by atoms with van der Waals surface area (Å²) in [5.74, 6) is -0.240. The maximum Gasteiger partial charge on any atom is 0.284 e. The van der Waals surface area contributed by atoms with E-state index in [1.807, 2.05) is 0 Å². The molecule has 0 aliphatic rings. The molecule has 0 heterocycles. The maximum atomic E-state index is 11.4. The van der Waals surface area contributed by atoms with Crippen LogP contribution in [0.3, 0.4) is 0 Å². The number of Topliss-reactive ketones (excluding diaryl/α,β-unsaturated/α-hetero) is 1. The molecule has 0 saturated carbocycles. The van der Waals surface area contributed by atoms with E-state index in [1.54, 1.807) is 0 Å². The summed E-state index contributed by atoms with van der Waals surface area (Å²) in [5, 5.41) is 10.9. The molecule has 0 aliphatic carbocycles. The minimum absolute atomic E-state index is 0.00347. The van der Waals surface area contributed by atoms with Crippen LogP contribution in [0.25, 0.3) is 0 Å². The van der Waals surface area contributed by atoms with Crippen molar-refractivity contribution in [3.63, 3.8) is 0 Å². The van der Waals surface area contributed by atoms with Crippen LogP contribution < -0.4 is 4.74 Å². The lowest BCUT2D eigenvalue weighted by molar-refractivity contribution is -0.385. The summed E-state index contributed by atoms with van der Waals surface area (Å²) >= 11 is 8.74. The van der Waals surface area contributed by atoms with Gasteiger partial charge in [0.25, 0.3) is 5.69 Å². The van der Waals surface area contributed by atoms with Crippen molar-refractivity contribution in [2.24, 2.45) is 0 Å². The molecule has 0 atom stereocenters. The molecule has 16 heavy (non-hydrogen) atoms. The van der Waals surface area contributed by atoms with E-state index in [2.05, 4.69) is 15.9 Å². The third-order valence-corrected chi connectivity index (χ3v) is 2.69. The zero-order valence-electron chi connectivity index (χ0n) is 8.20. The molecule has 0 saturated heterocycles. The molecule has 1 aromatic carbocycles. The van der Waals surface area contributed by atoms with E-state index in [-0.39, 0.29) is 27.4 Å². The van der Waals surface area contributed by atoms with E-state index in [0.29, 0.717) is 0 Å². The van der Waals surface area contributed by atoms with Crippen molar-refractivity contribution in [2.75, 3.05) is 12.4 Å². The number of carbonyl (C=O) groups excluding carboxylic acids is 1. The fourth-order valence-corrected chi connectivity index (χ4v) is 1.69. The van der Waals surface area contributed by atoms with Gasteiger partial charge in [0.1, 0.15) is 5.75 Å². The Morgan fingerprint density at radius 1 is 1.62 bits per heavy atom. The number of nitrogens with zero attached hydrogens (tertiary/aromatic N) is 1. The van der Waals surface area contributed by atoms with Crippen molar-refractivity contribution in [1.29, 1.82) is 0 Å². The molecular formula is C9H7BrClNO4. The molecule has 0 unspecified atom stereocenters. The molecule has 5 nitrogen and oxygen atoms in total. The van der Waals surface area contributed by atoms with Gasteiger partial charge in [-0.1, -0.05) is 27.5 Å². The third-order valence-electron chi connectivity index (χ3n) is 1.89. The molecule has 0 radical (unpaired) electrons. The molecular weight excluding hydrogens is 301 g/mol. The molecule has 0 N–H and O–H groups in total. The van der Waals surface area contributed by atoms with Crippen LogP contribution in [0.1, 0.15) is 10.4 Å². The summed E-state index contributed by atoms with van der Waals surface area (Å²) in [7, 11) is 1.34. The zero-order valence-corrected chi connectivity index (χ0v) is 10.5. The van der Waals surface area contributed by atoms with Crippen LogP contribution in [-0.4, -0.2) is 23.1 Å². The van der Waals surface area contributed by atoms with Gasteiger partial charge in [-0.15, -0.1) is 0 Å². The van der Waals surface area contributed by atoms with Crippen LogP contribution in [0.2, 0.25) is 5.02 Å². The number of methoxy groups -OCH3 is 1. The minimum atomic E-state index is -0.644. The minimum Gasteiger partial charge on any atom is -0.495 e. The van der Waals surface area contributed by atoms with Gasteiger partial charge in [-0.05, 0) is 6.07 Å². The fourth-order valence-electron chi connectivity index (χ4n) is 1.15. The largest absolute Gasteiger partial charge is 0.495 e. The number of ketones is 1. The van der Waals surface area contributed by atoms with Crippen LogP contribution in [0.5, 0.6) is 5.75 Å². The Balaban J connectivity index is 3.42. The third kappa shape index (κ3) is 2.51. The van der Waals surface area contributed by atoms with E-state index in [1.165, 1.54) is 13.2 Å². The van der Waals surface area contributed by atoms with Crippen molar-refractivity contribution in [3.8, 4) is 5.75 Å². The summed E-state index contributed by atoms with van der Waals surface area (Å²) in [6, 6.07) is 2.38. The number of nitro groups is 1. The predicted molar refractivity (Wildman–Crippen MR) is 62.8 cm³/mol. The summed E-state index contributed by atoms with van der Waals surface area (Å²) in [6.07, 6.45) is 0. The Morgan fingerprint density at radius 3 is 2.69 bits per heavy atom. The predicted octanol–water partition coefficient (Wildman–Crippen LogP) is 2.83. The molecule has 0 fully saturated rings. The Labute approximate surface area is 105 Å². The van der Waals surface area contributed by atoms with E-state index >= 15 is 0 Å². The highest BCUT2D eigenvalue weighted by molar-refractivity contribution is 9.09. The monoisotopic (exact) mass is 307 g/mol. The van der Waals surface area contributed by atoms with Gasteiger partial charge in [0.2, 0.25) is 0 Å². The van der Waals surface area contributed by atoms with Crippen molar-refractivity contribution in [1.82, 2.24) is 0 Å². The summed E-state index contributed by atoms with van der Waals surface area (Å²) < 4.78 is 4.84. The number of benzene rings is 1. The van der Waals surface area contributed by atoms with Gasteiger partial charge < -0.3 is 4.74 Å². The number of halogens is 2. The summed E-state index contributed by atoms with van der Waals surface area (Å²) in [5.41, 5.74) is -0.349. The molecule has 7 heteroatoms. The number of alkyl halides is 1. The number of rotatable bonds is 4. The smallest absolute Gasteiger partial charge is 0.284 e. The van der Waals surface area contributed by atoms with Gasteiger partial charge in [0, 0.05) is 0 Å². The van der Waals surface area contributed by atoms with Crippen LogP contribution in [0.4, 0.5) is 5.69 Å². The Morgan fingerprint density at radius 2 is 2.25 bits per heavy atom. The second-order valence-corrected chi connectivity index (χ2v) is 3.79. The highest BCUT2D eigenvalue weighted by atomic mass is 79.9. The molecule has 0 spiro atoms. The van der Waals surface area contributed by atoms with Crippen molar-refractivity contribution < 1.29 is 14.5 Å². The zero-order chi connectivity index (χ0) is 12.3. The molecule has 0 aromatic heterocycles. The number of hydrogen-bond donors (Lipinski definition) is 0. The number of nitro benzene ring substituents is 1. The lowest BCUT2D eigenvalue weighted by atomic mass is 10.1. The number of ether oxygens (including phenoxy) is 1. The SMILES string of the molecule is COc1cc([N+](=O)[O-])c(C(=O)CBr)cc1Cl. The first-order valence-electron chi connectivity index (χ1n) is 4.12. The average Bonchev–Trinajstić information content (AvgIpc) is 2.27. The maximum absolute atomic E-state index is 11.4. The molecule has 86 valence electrons. The quantitative estimate of drug-likeness (QED) is 0.371. The van der Waals surface area contributed by atoms with Crippen LogP contribution in [0.15, 0.2) is 12.1 Å². The first-order valence-corrected chi connectivity index (χ1v) is 5.62. The Kier molecular flexibility index (Phi) is 4.26. The molecule has 0 bridgehead atoms. The average molecular weight is 309 g/mol. The van der Waals surface area contributed by atoms with Crippen molar-refractivity contribution in [2.45, 2.75) is 0 Å². The lowest BCUT2D eigenvalue weighted by Crippen LogP contribution is -2.05. The van der Waals surface area contributed by atoms with E-state index in [9.17, 15) is 14.9 Å². The van der Waals surface area contributed by atoms with Crippen LogP contribution in [0, 0.1) is 10.1 Å². The van der Waals surface area contributed by atoms with Gasteiger partial charge in [-0.25, -0.2) is 0 Å². The van der Waals surface area contributed by atoms with Crippen LogP contribution >= 0.6 is 27.5 Å². The second kappa shape index (κ2) is 5.27. The van der Waals surface area contributed by atoms with Crippen molar-refractivity contribution >= 4 is 39.0 Å². The number of hydrogen-bond acceptors (Lipinski definition) is 4. The highest BCUT2D eigenvalue weighted by Gasteiger charge is 2.22. The molecule has 0 aliphatic heterocycles. The van der Waals surface area contributed by atoms with Gasteiger partial charge in [-0.3, -0.25) is 14.9 Å². The normalized spacial score (nSPS) is 9.94. The highest BCUT2D eigenvalue weighted by Crippen LogP contribution is 2.32. The van der Waals surface area contributed by atoms with Gasteiger partial charge in [0.15, 0.2) is 5.78 Å². The fraction of sp³-hybridized carbons (Fsp3) is 0.222. The van der Waals surface area contributed by atoms with Gasteiger partial charge in [0.05, 0.1) is 34.0 Å².